The van der Waals surface area contributed by atoms with E-state index in [0.717, 1.165) is 0 Å². The van der Waals surface area contributed by atoms with Crippen LogP contribution in [0.15, 0.2) is 0 Å². The summed E-state index contributed by atoms with van der Waals surface area (Å²) in [4.78, 5) is 9.00. The van der Waals surface area contributed by atoms with Gasteiger partial charge in [-0.2, -0.15) is 10.5 Å². The van der Waals surface area contributed by atoms with Gasteiger partial charge in [-0.15, -0.1) is 0 Å². The summed E-state index contributed by atoms with van der Waals surface area (Å²) < 4.78 is 0. The van der Waals surface area contributed by atoms with Crippen molar-refractivity contribution in [1.29, 1.82) is 10.5 Å². The lowest BCUT2D eigenvalue weighted by atomic mass is 10.9. The van der Waals surface area contributed by atoms with Crippen LogP contribution in [-0.2, 0) is 0 Å². The maximum absolute atomic E-state index is 9.00. The minimum absolute atomic E-state index is 0.833. The first-order chi connectivity index (χ1) is 3.65. The molecule has 0 aliphatic heterocycles. The van der Waals surface area contributed by atoms with Gasteiger partial charge >= 0.3 is 6.03 Å². The van der Waals surface area contributed by atoms with Crippen LogP contribution in [0.25, 0.3) is 0 Å². The molecule has 0 aliphatic carbocycles. The lowest BCUT2D eigenvalue weighted by molar-refractivity contribution is 0.256. The molecule has 0 aromatic carbocycles. The molecule has 0 atom stereocenters. The highest BCUT2D eigenvalue weighted by Crippen LogP contribution is 1.27. The molecule has 2 amide bonds. The van der Waals surface area contributed by atoms with Crippen molar-refractivity contribution < 1.29 is 4.79 Å². The van der Waals surface area contributed by atoms with E-state index < -0.39 is 6.03 Å². The van der Waals surface area contributed by atoms with Gasteiger partial charge in [-0.1, -0.05) is 0 Å². The van der Waals surface area contributed by atoms with Gasteiger partial charge in [0.1, 0.15) is 0 Å². The highest BCUT2D eigenvalue weighted by Gasteiger charge is 1.60. The van der Waals surface area contributed by atoms with Crippen molar-refractivity contribution in [3.8, 4) is 12.1 Å². The molecule has 0 radical (unpaired) electrons. The molecule has 0 rings (SSSR count). The predicted molar refractivity (Wildman–Crippen MR) is 25.0 cm³/mol. The summed E-state index contributed by atoms with van der Waals surface area (Å²) in [5.74, 6) is 0. The van der Waals surface area contributed by atoms with Crippen molar-refractivity contribution in [2.75, 3.05) is 0 Å². The number of carbonyl (C=O) groups excluding carboxylic acids is 1. The quantitative estimate of drug-likeness (QED) is 0.421. The molecule has 0 saturated heterocycles. The van der Waals surface area contributed by atoms with Crippen molar-refractivity contribution in [2.45, 2.75) is 0 Å². The molecule has 0 saturated carbocycles. The average molecular weight is 112 g/mol. The van der Waals surface area contributed by atoms with Gasteiger partial charge in [0.25, 0.3) is 0 Å². The predicted octanol–water partition coefficient (Wildman–Crippen LogP) is -0.943. The lowest BCUT2D eigenvalue weighted by Crippen LogP contribution is -2.18. The fraction of sp³-hybridized carbons (Fsp3) is 0. The van der Waals surface area contributed by atoms with Crippen LogP contribution in [0.1, 0.15) is 0 Å². The molecule has 0 aliphatic rings. The minimum atomic E-state index is -0.833. The Morgan fingerprint density at radius 2 is 1.38 bits per heavy atom. The summed E-state index contributed by atoms with van der Waals surface area (Å²) >= 11 is 0. The summed E-state index contributed by atoms with van der Waals surface area (Å²) in [6.07, 6.45) is 0. The van der Waals surface area contributed by atoms with Gasteiger partial charge in [-0.3, -0.25) is 0 Å². The highest BCUT2D eigenvalue weighted by atomic mass is 16.2. The molecule has 5 heteroatoms. The van der Waals surface area contributed by atoms with Gasteiger partial charge in [0.05, 0.1) is 0 Å². The third kappa shape index (κ3) is 79.8. The van der Waals surface area contributed by atoms with E-state index >= 15 is 0 Å². The summed E-state index contributed by atoms with van der Waals surface area (Å²) in [6.45, 7) is 0. The Morgan fingerprint density at radius 1 is 1.25 bits per heavy atom. The van der Waals surface area contributed by atoms with Gasteiger partial charge in [-0.25, -0.2) is 4.79 Å². The molecule has 0 aromatic rings. The van der Waals surface area contributed by atoms with Crippen LogP contribution in [-0.4, -0.2) is 6.03 Å². The van der Waals surface area contributed by atoms with Gasteiger partial charge in [0, 0.05) is 0 Å². The maximum atomic E-state index is 9.00. The molecular formula is C3H4N4O. The Hall–Kier alpha value is -1.75. The van der Waals surface area contributed by atoms with Crippen LogP contribution in [0.5, 0.6) is 0 Å². The normalized spacial score (nSPS) is 4.25. The summed E-state index contributed by atoms with van der Waals surface area (Å²) in [7, 11) is 0. The largest absolute Gasteiger partial charge is 0.352 e. The van der Waals surface area contributed by atoms with Crippen LogP contribution < -0.4 is 11.5 Å². The second kappa shape index (κ2) is 8.98. The molecule has 0 spiro atoms. The number of primary amides is 2. The first kappa shape index (κ1) is 9.54. The average Bonchev–Trinajstić information content (AvgIpc) is 1.65. The van der Waals surface area contributed by atoms with Crippen LogP contribution in [0, 0.1) is 22.7 Å². The van der Waals surface area contributed by atoms with E-state index in [4.69, 9.17) is 15.3 Å². The van der Waals surface area contributed by atoms with Crippen LogP contribution >= 0.6 is 0 Å². The molecular weight excluding hydrogens is 108 g/mol. The van der Waals surface area contributed by atoms with Gasteiger partial charge in [0.2, 0.25) is 0 Å². The molecule has 42 valence electrons. The molecule has 0 unspecified atom stereocenters. The van der Waals surface area contributed by atoms with Crippen molar-refractivity contribution in [1.82, 2.24) is 0 Å². The summed E-state index contributed by atoms with van der Waals surface area (Å²) in [5.41, 5.74) is 8.50. The number of urea groups is 1. The number of carbonyl (C=O) groups is 1. The van der Waals surface area contributed by atoms with Crippen molar-refractivity contribution in [2.24, 2.45) is 11.5 Å². The van der Waals surface area contributed by atoms with Crippen molar-refractivity contribution in [3.63, 3.8) is 0 Å². The zero-order chi connectivity index (χ0) is 6.99. The van der Waals surface area contributed by atoms with Crippen LogP contribution in [0.4, 0.5) is 4.79 Å². The van der Waals surface area contributed by atoms with Crippen molar-refractivity contribution >= 4 is 6.03 Å². The number of nitrogens with two attached hydrogens (primary N) is 2. The minimum Gasteiger partial charge on any atom is -0.352 e. The zero-order valence-corrected chi connectivity index (χ0v) is 3.96. The topological polar surface area (TPSA) is 117 Å². The van der Waals surface area contributed by atoms with Crippen LogP contribution in [0.3, 0.4) is 0 Å². The first-order valence-corrected chi connectivity index (χ1v) is 1.48. The van der Waals surface area contributed by atoms with E-state index in [1.54, 1.807) is 0 Å². The monoisotopic (exact) mass is 112 g/mol. The summed E-state index contributed by atoms with van der Waals surface area (Å²) in [5, 5.41) is 14.5. The van der Waals surface area contributed by atoms with Gasteiger partial charge < -0.3 is 11.5 Å². The Morgan fingerprint density at radius 3 is 1.38 bits per heavy atom. The van der Waals surface area contributed by atoms with E-state index in [1.165, 1.54) is 12.1 Å². The summed E-state index contributed by atoms with van der Waals surface area (Å²) in [6, 6.07) is 1.64. The van der Waals surface area contributed by atoms with E-state index in [0.29, 0.717) is 0 Å². The van der Waals surface area contributed by atoms with Crippen molar-refractivity contribution in [3.05, 3.63) is 0 Å². The maximum Gasteiger partial charge on any atom is 0.309 e. The second-order valence-corrected chi connectivity index (χ2v) is 0.626. The van der Waals surface area contributed by atoms with Crippen LogP contribution in [0.2, 0.25) is 0 Å². The Labute approximate surface area is 46.1 Å². The third-order valence-corrected chi connectivity index (χ3v) is 0.0500. The number of hydrogen-bond acceptors (Lipinski definition) is 3. The Kier molecular flexibility index (Phi) is 10.7. The number of nitriles is 2. The highest BCUT2D eigenvalue weighted by molar-refractivity contribution is 5.69. The molecule has 0 fully saturated rings. The lowest BCUT2D eigenvalue weighted by Gasteiger charge is -1.62. The molecule has 0 bridgehead atoms. The SMILES string of the molecule is N#CC#N.NC(N)=O. The second-order valence-electron chi connectivity index (χ2n) is 0.626. The number of amides is 2. The molecule has 5 nitrogen and oxygen atoms in total. The van der Waals surface area contributed by atoms with Gasteiger partial charge in [-0.05, 0) is 0 Å². The van der Waals surface area contributed by atoms with E-state index in [2.05, 4.69) is 11.5 Å². The third-order valence-electron chi connectivity index (χ3n) is 0.0500. The fourth-order valence-corrected chi connectivity index (χ4v) is 0. The van der Waals surface area contributed by atoms with E-state index in [-0.39, 0.29) is 0 Å². The molecule has 4 N–H and O–H groups in total. The number of hydrogen-bond donors (Lipinski definition) is 2. The Balaban J connectivity index is 0. The first-order valence-electron chi connectivity index (χ1n) is 1.48. The van der Waals surface area contributed by atoms with E-state index in [1.807, 2.05) is 0 Å². The number of rotatable bonds is 0. The molecule has 0 heterocycles. The standard InChI is InChI=1S/C2N2.CH4N2O/c3-1-2-4;2-1(3)4/h;(H4,2,3,4). The fourth-order valence-electron chi connectivity index (χ4n) is 0. The van der Waals surface area contributed by atoms with E-state index in [9.17, 15) is 0 Å². The molecule has 8 heavy (non-hydrogen) atoms. The molecule has 0 aromatic heterocycles. The zero-order valence-electron chi connectivity index (χ0n) is 3.96. The Bertz CT molecular complexity index is 122. The smallest absolute Gasteiger partial charge is 0.309 e. The number of nitrogens with zero attached hydrogens (tertiary/aromatic N) is 2. The van der Waals surface area contributed by atoms with Gasteiger partial charge in [0.15, 0.2) is 12.1 Å².